The van der Waals surface area contributed by atoms with E-state index in [1.165, 1.54) is 13.8 Å². The Morgan fingerprint density at radius 1 is 1.25 bits per heavy atom. The third-order valence-corrected chi connectivity index (χ3v) is 2.80. The summed E-state index contributed by atoms with van der Waals surface area (Å²) in [4.78, 5) is 23.0. The van der Waals surface area contributed by atoms with Crippen LogP contribution in [-0.2, 0) is 4.43 Å². The van der Waals surface area contributed by atoms with Crippen molar-refractivity contribution < 1.29 is 14.0 Å². The Kier molecular flexibility index (Phi) is 4.15. The van der Waals surface area contributed by atoms with E-state index in [0.717, 1.165) is 5.56 Å². The number of hydrogen-bond acceptors (Lipinski definition) is 3. The van der Waals surface area contributed by atoms with E-state index in [0.29, 0.717) is 11.1 Å². The second kappa shape index (κ2) is 5.18. The first kappa shape index (κ1) is 12.8. The van der Waals surface area contributed by atoms with Crippen LogP contribution < -0.4 is 0 Å². The molecule has 0 amide bonds. The van der Waals surface area contributed by atoms with Crippen LogP contribution in [0.5, 0.6) is 0 Å². The van der Waals surface area contributed by atoms with Crippen LogP contribution >= 0.6 is 0 Å². The topological polar surface area (TPSA) is 43.4 Å². The summed E-state index contributed by atoms with van der Waals surface area (Å²) in [5.41, 5.74) is 1.61. The summed E-state index contributed by atoms with van der Waals surface area (Å²) in [5, 5.41) is 0. The molecule has 1 atom stereocenters. The summed E-state index contributed by atoms with van der Waals surface area (Å²) in [6, 6.07) is 5.19. The number of benzene rings is 1. The standard InChI is InChI=1S/C12H13O3Si/c1-7(13)10-5-4-6-11(9(3)15-16)12(10)8(2)14/h4-6,9H,1-3H3. The Hall–Kier alpha value is -1.26. The van der Waals surface area contributed by atoms with Gasteiger partial charge in [-0.25, -0.2) is 0 Å². The molecule has 0 saturated carbocycles. The molecule has 0 saturated heterocycles. The Bertz CT molecular complexity index is 426. The highest BCUT2D eigenvalue weighted by molar-refractivity contribution is 6.08. The normalized spacial score (nSPS) is 12.2. The third-order valence-electron chi connectivity index (χ3n) is 2.44. The predicted octanol–water partition coefficient (Wildman–Crippen LogP) is 2.25. The average Bonchev–Trinajstić information content (AvgIpc) is 2.26. The van der Waals surface area contributed by atoms with Gasteiger partial charge in [0.25, 0.3) is 0 Å². The Labute approximate surface area is 98.4 Å². The monoisotopic (exact) mass is 233 g/mol. The van der Waals surface area contributed by atoms with E-state index in [9.17, 15) is 9.59 Å². The van der Waals surface area contributed by atoms with Gasteiger partial charge in [0.2, 0.25) is 10.5 Å². The van der Waals surface area contributed by atoms with Crippen molar-refractivity contribution in [1.29, 1.82) is 0 Å². The van der Waals surface area contributed by atoms with E-state index in [-0.39, 0.29) is 17.7 Å². The summed E-state index contributed by atoms with van der Waals surface area (Å²) < 4.78 is 5.00. The zero-order valence-corrected chi connectivity index (χ0v) is 10.5. The van der Waals surface area contributed by atoms with Crippen LogP contribution in [0, 0.1) is 0 Å². The van der Waals surface area contributed by atoms with Crippen molar-refractivity contribution in [3.05, 3.63) is 34.9 Å². The second-order valence-corrected chi connectivity index (χ2v) is 3.88. The number of carbonyl (C=O) groups excluding carboxylic acids is 2. The van der Waals surface area contributed by atoms with Crippen LogP contribution in [0.1, 0.15) is 53.2 Å². The van der Waals surface area contributed by atoms with E-state index >= 15 is 0 Å². The van der Waals surface area contributed by atoms with Crippen LogP contribution in [0.15, 0.2) is 18.2 Å². The minimum absolute atomic E-state index is 0.117. The molecular formula is C12H13O3Si. The SMILES string of the molecule is CC(=O)c1cccc(C(C)O[Si])c1C(C)=O. The lowest BCUT2D eigenvalue weighted by Crippen LogP contribution is -2.11. The van der Waals surface area contributed by atoms with Crippen molar-refractivity contribution >= 4 is 22.1 Å². The van der Waals surface area contributed by atoms with Crippen molar-refractivity contribution in [2.45, 2.75) is 26.9 Å². The minimum atomic E-state index is -0.283. The number of Topliss-reactive ketones (excluding diaryl/α,β-unsaturated/α-hetero) is 2. The van der Waals surface area contributed by atoms with Crippen LogP contribution in [0.4, 0.5) is 0 Å². The Morgan fingerprint density at radius 2 is 1.88 bits per heavy atom. The van der Waals surface area contributed by atoms with Gasteiger partial charge in [-0.1, -0.05) is 18.2 Å². The molecule has 1 aromatic carbocycles. The predicted molar refractivity (Wildman–Crippen MR) is 61.7 cm³/mol. The molecule has 0 aliphatic carbocycles. The fraction of sp³-hybridized carbons (Fsp3) is 0.333. The molecule has 0 fully saturated rings. The van der Waals surface area contributed by atoms with Gasteiger partial charge in [-0.3, -0.25) is 9.59 Å². The number of ketones is 2. The lowest BCUT2D eigenvalue weighted by Gasteiger charge is -2.16. The highest BCUT2D eigenvalue weighted by atomic mass is 28.2. The summed E-state index contributed by atoms with van der Waals surface area (Å²) >= 11 is 0. The largest absolute Gasteiger partial charge is 0.412 e. The van der Waals surface area contributed by atoms with Crippen molar-refractivity contribution in [2.24, 2.45) is 0 Å². The van der Waals surface area contributed by atoms with Crippen LogP contribution in [-0.4, -0.2) is 22.1 Å². The van der Waals surface area contributed by atoms with Gasteiger partial charge < -0.3 is 4.43 Å². The zero-order valence-electron chi connectivity index (χ0n) is 9.53. The first-order chi connectivity index (χ1) is 7.49. The second-order valence-electron chi connectivity index (χ2n) is 3.64. The molecule has 0 aliphatic rings. The van der Waals surface area contributed by atoms with E-state index in [1.807, 2.05) is 0 Å². The summed E-state index contributed by atoms with van der Waals surface area (Å²) in [6.45, 7) is 4.70. The highest BCUT2D eigenvalue weighted by Crippen LogP contribution is 2.24. The molecule has 83 valence electrons. The van der Waals surface area contributed by atoms with E-state index < -0.39 is 0 Å². The number of rotatable bonds is 4. The number of hydrogen-bond donors (Lipinski definition) is 0. The van der Waals surface area contributed by atoms with Crippen molar-refractivity contribution in [3.8, 4) is 0 Å². The zero-order chi connectivity index (χ0) is 12.3. The average molecular weight is 233 g/mol. The molecule has 1 unspecified atom stereocenters. The van der Waals surface area contributed by atoms with Gasteiger partial charge in [-0.05, 0) is 26.3 Å². The Morgan fingerprint density at radius 3 is 2.31 bits per heavy atom. The molecule has 0 aliphatic heterocycles. The molecule has 0 N–H and O–H groups in total. The maximum absolute atomic E-state index is 11.6. The van der Waals surface area contributed by atoms with Crippen molar-refractivity contribution in [3.63, 3.8) is 0 Å². The molecule has 0 heterocycles. The molecule has 0 bridgehead atoms. The molecule has 4 heteroatoms. The van der Waals surface area contributed by atoms with Crippen molar-refractivity contribution in [1.82, 2.24) is 0 Å². The van der Waals surface area contributed by atoms with Crippen LogP contribution in [0.2, 0.25) is 0 Å². The summed E-state index contributed by atoms with van der Waals surface area (Å²) in [5.74, 6) is -0.246. The molecule has 0 spiro atoms. The van der Waals surface area contributed by atoms with Crippen molar-refractivity contribution in [2.75, 3.05) is 0 Å². The van der Waals surface area contributed by atoms with Gasteiger partial charge in [0.1, 0.15) is 0 Å². The molecule has 0 aromatic heterocycles. The number of carbonyl (C=O) groups is 2. The quantitative estimate of drug-likeness (QED) is 0.592. The Balaban J connectivity index is 3.44. The van der Waals surface area contributed by atoms with E-state index in [1.54, 1.807) is 25.1 Å². The fourth-order valence-corrected chi connectivity index (χ4v) is 1.79. The smallest absolute Gasteiger partial charge is 0.247 e. The fourth-order valence-electron chi connectivity index (χ4n) is 1.66. The first-order valence-electron chi connectivity index (χ1n) is 4.96. The third kappa shape index (κ3) is 2.45. The summed E-state index contributed by atoms with van der Waals surface area (Å²) in [6.07, 6.45) is -0.283. The molecule has 16 heavy (non-hydrogen) atoms. The molecule has 1 aromatic rings. The molecule has 3 nitrogen and oxygen atoms in total. The maximum atomic E-state index is 11.6. The van der Waals surface area contributed by atoms with E-state index in [4.69, 9.17) is 4.43 Å². The lowest BCUT2D eigenvalue weighted by molar-refractivity contribution is 0.0977. The highest BCUT2D eigenvalue weighted by Gasteiger charge is 2.18. The van der Waals surface area contributed by atoms with Gasteiger partial charge in [-0.15, -0.1) is 0 Å². The first-order valence-corrected chi connectivity index (χ1v) is 5.37. The van der Waals surface area contributed by atoms with Crippen LogP contribution in [0.3, 0.4) is 0 Å². The van der Waals surface area contributed by atoms with Crippen LogP contribution in [0.25, 0.3) is 0 Å². The van der Waals surface area contributed by atoms with Gasteiger partial charge in [0, 0.05) is 11.1 Å². The maximum Gasteiger partial charge on any atom is 0.247 e. The molecular weight excluding hydrogens is 220 g/mol. The van der Waals surface area contributed by atoms with Gasteiger partial charge in [-0.2, -0.15) is 0 Å². The minimum Gasteiger partial charge on any atom is -0.412 e. The summed E-state index contributed by atoms with van der Waals surface area (Å²) in [7, 11) is 2.95. The van der Waals surface area contributed by atoms with Gasteiger partial charge >= 0.3 is 0 Å². The molecule has 1 rings (SSSR count). The van der Waals surface area contributed by atoms with Gasteiger partial charge in [0.15, 0.2) is 11.6 Å². The van der Waals surface area contributed by atoms with E-state index in [2.05, 4.69) is 10.5 Å². The lowest BCUT2D eigenvalue weighted by atomic mass is 9.93. The van der Waals surface area contributed by atoms with Gasteiger partial charge in [0.05, 0.1) is 6.10 Å². The molecule has 3 radical (unpaired) electrons.